The van der Waals surface area contributed by atoms with E-state index in [9.17, 15) is 0 Å². The number of rotatable bonds is 3. The van der Waals surface area contributed by atoms with Crippen LogP contribution < -0.4 is 0 Å². The number of ether oxygens (including phenoxy) is 1. The highest BCUT2D eigenvalue weighted by Gasteiger charge is 1.89. The van der Waals surface area contributed by atoms with Crippen molar-refractivity contribution in [3.63, 3.8) is 0 Å². The first-order valence-corrected chi connectivity index (χ1v) is 2.28. The predicted molar refractivity (Wildman–Crippen MR) is 31.1 cm³/mol. The number of halogens is 1. The van der Waals surface area contributed by atoms with Crippen LogP contribution in [0.15, 0.2) is 25.5 Å². The normalized spacial score (nSPS) is 12.1. The number of alkyl halides is 1. The molecule has 0 fully saturated rings. The maximum atomic E-state index is 5.35. The van der Waals surface area contributed by atoms with E-state index >= 15 is 0 Å². The lowest BCUT2D eigenvalue weighted by Gasteiger charge is -1.98. The van der Waals surface area contributed by atoms with Crippen LogP contribution in [0.1, 0.15) is 0 Å². The molecule has 0 amide bonds. The van der Waals surface area contributed by atoms with Gasteiger partial charge in [-0.1, -0.05) is 24.8 Å². The maximum Gasteiger partial charge on any atom is 0.189 e. The molecule has 0 aliphatic carbocycles. The van der Waals surface area contributed by atoms with Gasteiger partial charge in [-0.15, -0.1) is 0 Å². The molecule has 40 valence electrons. The molecule has 0 aliphatic heterocycles. The van der Waals surface area contributed by atoms with Gasteiger partial charge in [-0.2, -0.15) is 0 Å². The summed E-state index contributed by atoms with van der Waals surface area (Å²) in [6.07, 6.45) is 2.75. The number of hydrogen-bond acceptors (Lipinski definition) is 1. The Balaban J connectivity index is 3.15. The molecule has 1 unspecified atom stereocenters. The van der Waals surface area contributed by atoms with Crippen LogP contribution in [0.25, 0.3) is 0 Å². The fraction of sp³-hybridized carbons (Fsp3) is 0.200. The molecule has 1 atom stereocenters. The van der Waals surface area contributed by atoms with Crippen molar-refractivity contribution in [2.24, 2.45) is 0 Å². The van der Waals surface area contributed by atoms with E-state index in [1.807, 2.05) is 0 Å². The molecule has 0 spiro atoms. The molecule has 0 aromatic heterocycles. The van der Waals surface area contributed by atoms with Gasteiger partial charge in [-0.3, -0.25) is 0 Å². The zero-order valence-electron chi connectivity index (χ0n) is 3.93. The van der Waals surface area contributed by atoms with Crippen molar-refractivity contribution in [1.82, 2.24) is 0 Å². The molecule has 7 heavy (non-hydrogen) atoms. The molecule has 1 nitrogen and oxygen atoms in total. The first-order valence-electron chi connectivity index (χ1n) is 1.84. The second-order valence-electron chi connectivity index (χ2n) is 0.890. The Labute approximate surface area is 48.2 Å². The molecular formula is C5H7ClO. The summed E-state index contributed by atoms with van der Waals surface area (Å²) in [5.74, 6) is 0. The highest BCUT2D eigenvalue weighted by molar-refractivity contribution is 6.20. The van der Waals surface area contributed by atoms with Gasteiger partial charge in [0.05, 0.1) is 6.26 Å². The Kier molecular flexibility index (Phi) is 3.52. The third kappa shape index (κ3) is 3.40. The molecule has 2 heteroatoms. The average Bonchev–Trinajstić information content (AvgIpc) is 1.68. The van der Waals surface area contributed by atoms with Crippen LogP contribution in [0.4, 0.5) is 0 Å². The summed E-state index contributed by atoms with van der Waals surface area (Å²) in [6, 6.07) is 0. The first-order chi connectivity index (χ1) is 3.31. The fourth-order valence-corrected chi connectivity index (χ4v) is 0.220. The molecule has 0 aliphatic rings. The minimum atomic E-state index is -0.433. The largest absolute Gasteiger partial charge is 0.479 e. The van der Waals surface area contributed by atoms with Crippen LogP contribution in [0.3, 0.4) is 0 Å². The van der Waals surface area contributed by atoms with Gasteiger partial charge in [-0.05, 0) is 6.08 Å². The molecule has 0 saturated carbocycles. The molecule has 0 heterocycles. The van der Waals surface area contributed by atoms with E-state index in [1.165, 1.54) is 12.3 Å². The van der Waals surface area contributed by atoms with E-state index in [0.717, 1.165) is 0 Å². The minimum absolute atomic E-state index is 0.433. The summed E-state index contributed by atoms with van der Waals surface area (Å²) < 4.78 is 4.60. The minimum Gasteiger partial charge on any atom is -0.479 e. The summed E-state index contributed by atoms with van der Waals surface area (Å²) in [4.78, 5) is 0. The van der Waals surface area contributed by atoms with Crippen LogP contribution in [-0.2, 0) is 4.74 Å². The lowest BCUT2D eigenvalue weighted by molar-refractivity contribution is 0.257. The third-order valence-corrected chi connectivity index (χ3v) is 0.693. The van der Waals surface area contributed by atoms with Gasteiger partial charge in [0.25, 0.3) is 0 Å². The molecule has 0 bridgehead atoms. The molecule has 0 saturated heterocycles. The third-order valence-electron chi connectivity index (χ3n) is 0.412. The quantitative estimate of drug-likeness (QED) is 0.313. The van der Waals surface area contributed by atoms with Crippen LogP contribution in [0.2, 0.25) is 0 Å². The smallest absolute Gasteiger partial charge is 0.189 e. The Bertz CT molecular complexity index is 70.5. The van der Waals surface area contributed by atoms with Gasteiger partial charge in [0.2, 0.25) is 0 Å². The predicted octanol–water partition coefficient (Wildman–Crippen LogP) is 1.90. The monoisotopic (exact) mass is 118 g/mol. The van der Waals surface area contributed by atoms with Crippen LogP contribution in [-0.4, -0.2) is 5.56 Å². The zero-order valence-corrected chi connectivity index (χ0v) is 4.69. The van der Waals surface area contributed by atoms with Crippen molar-refractivity contribution < 1.29 is 4.74 Å². The Hall–Kier alpha value is -0.430. The standard InChI is InChI=1S/C5H7ClO/c1-3-5(6)7-4-2/h3-5H,1-2H2. The summed E-state index contributed by atoms with van der Waals surface area (Å²) in [7, 11) is 0. The highest BCUT2D eigenvalue weighted by atomic mass is 35.5. The summed E-state index contributed by atoms with van der Waals surface area (Å²) >= 11 is 5.35. The number of hydrogen-bond donors (Lipinski definition) is 0. The fourth-order valence-electron chi connectivity index (χ4n) is 0.147. The second kappa shape index (κ2) is 3.75. The van der Waals surface area contributed by atoms with E-state index < -0.39 is 5.56 Å². The van der Waals surface area contributed by atoms with Gasteiger partial charge < -0.3 is 4.74 Å². The van der Waals surface area contributed by atoms with Gasteiger partial charge >= 0.3 is 0 Å². The highest BCUT2D eigenvalue weighted by Crippen LogP contribution is 1.96. The average molecular weight is 119 g/mol. The zero-order chi connectivity index (χ0) is 5.70. The molecule has 0 radical (unpaired) electrons. The van der Waals surface area contributed by atoms with Crippen molar-refractivity contribution >= 4 is 11.6 Å². The Morgan fingerprint density at radius 3 is 2.29 bits per heavy atom. The molecule has 0 aromatic rings. The first kappa shape index (κ1) is 6.57. The van der Waals surface area contributed by atoms with E-state index in [4.69, 9.17) is 11.6 Å². The van der Waals surface area contributed by atoms with Crippen molar-refractivity contribution in [3.8, 4) is 0 Å². The van der Waals surface area contributed by atoms with E-state index in [0.29, 0.717) is 0 Å². The van der Waals surface area contributed by atoms with Crippen molar-refractivity contribution in [1.29, 1.82) is 0 Å². The summed E-state index contributed by atoms with van der Waals surface area (Å²) in [5, 5.41) is 0. The SMILES string of the molecule is C=COC(Cl)C=C. The molecule has 0 N–H and O–H groups in total. The van der Waals surface area contributed by atoms with E-state index in [1.54, 1.807) is 0 Å². The van der Waals surface area contributed by atoms with Gasteiger partial charge in [-0.25, -0.2) is 0 Å². The van der Waals surface area contributed by atoms with Crippen molar-refractivity contribution in [2.75, 3.05) is 0 Å². The molecule has 0 rings (SSSR count). The molecule has 0 aromatic carbocycles. The van der Waals surface area contributed by atoms with Gasteiger partial charge in [0.1, 0.15) is 0 Å². The van der Waals surface area contributed by atoms with Crippen molar-refractivity contribution in [2.45, 2.75) is 5.56 Å². The van der Waals surface area contributed by atoms with Crippen LogP contribution in [0, 0.1) is 0 Å². The van der Waals surface area contributed by atoms with E-state index in [-0.39, 0.29) is 0 Å². The Morgan fingerprint density at radius 2 is 2.14 bits per heavy atom. The molecular weight excluding hydrogens is 112 g/mol. The Morgan fingerprint density at radius 1 is 1.57 bits per heavy atom. The topological polar surface area (TPSA) is 9.23 Å². The second-order valence-corrected chi connectivity index (χ2v) is 1.32. The lowest BCUT2D eigenvalue weighted by Crippen LogP contribution is -1.91. The maximum absolute atomic E-state index is 5.35. The summed E-state index contributed by atoms with van der Waals surface area (Å²) in [6.45, 7) is 6.67. The van der Waals surface area contributed by atoms with Crippen molar-refractivity contribution in [3.05, 3.63) is 25.5 Å². The lowest BCUT2D eigenvalue weighted by atomic mass is 10.7. The van der Waals surface area contributed by atoms with Gasteiger partial charge in [0.15, 0.2) is 5.56 Å². The van der Waals surface area contributed by atoms with Crippen LogP contribution in [0.5, 0.6) is 0 Å². The summed E-state index contributed by atoms with van der Waals surface area (Å²) in [5.41, 5.74) is -0.433. The van der Waals surface area contributed by atoms with Gasteiger partial charge in [0, 0.05) is 0 Å². The van der Waals surface area contributed by atoms with E-state index in [2.05, 4.69) is 17.9 Å². The van der Waals surface area contributed by atoms with Crippen LogP contribution >= 0.6 is 11.6 Å².